The van der Waals surface area contributed by atoms with Crippen LogP contribution in [-0.4, -0.2) is 88.0 Å². The minimum atomic E-state index is 0. The Labute approximate surface area is 189 Å². The summed E-state index contributed by atoms with van der Waals surface area (Å²) in [6.45, 7) is 11.8. The molecule has 0 aromatic carbocycles. The van der Waals surface area contributed by atoms with Crippen LogP contribution in [0.4, 0.5) is 0 Å². The van der Waals surface area contributed by atoms with Crippen LogP contribution < -0.4 is 5.32 Å². The van der Waals surface area contributed by atoms with Crippen LogP contribution in [0, 0.1) is 5.92 Å². The summed E-state index contributed by atoms with van der Waals surface area (Å²) < 4.78 is 11.1. The molecule has 2 rings (SSSR count). The summed E-state index contributed by atoms with van der Waals surface area (Å²) >= 11 is 0. The third-order valence-electron chi connectivity index (χ3n) is 5.70. The smallest absolute Gasteiger partial charge is 0.193 e. The minimum absolute atomic E-state index is 0. The first-order valence-corrected chi connectivity index (χ1v) is 10.9. The van der Waals surface area contributed by atoms with E-state index in [1.807, 2.05) is 7.05 Å². The number of rotatable bonds is 10. The summed E-state index contributed by atoms with van der Waals surface area (Å²) in [5, 5.41) is 3.67. The Bertz CT molecular complexity index is 423. The summed E-state index contributed by atoms with van der Waals surface area (Å²) in [5.74, 6) is 1.78. The van der Waals surface area contributed by atoms with Gasteiger partial charge in [0.15, 0.2) is 5.96 Å². The highest BCUT2D eigenvalue weighted by Gasteiger charge is 2.25. The van der Waals surface area contributed by atoms with Crippen molar-refractivity contribution in [2.24, 2.45) is 10.9 Å². The number of hydrogen-bond donors (Lipinski definition) is 1. The predicted molar refractivity (Wildman–Crippen MR) is 128 cm³/mol. The Morgan fingerprint density at radius 3 is 2.36 bits per heavy atom. The quantitative estimate of drug-likeness (QED) is 0.212. The lowest BCUT2D eigenvalue weighted by atomic mass is 10.0. The summed E-state index contributed by atoms with van der Waals surface area (Å²) in [5.41, 5.74) is 0. The molecule has 2 aliphatic rings. The van der Waals surface area contributed by atoms with Crippen molar-refractivity contribution >= 4 is 29.9 Å². The van der Waals surface area contributed by atoms with Crippen LogP contribution in [-0.2, 0) is 9.47 Å². The highest BCUT2D eigenvalue weighted by atomic mass is 127. The van der Waals surface area contributed by atoms with Crippen LogP contribution >= 0.6 is 24.0 Å². The summed E-state index contributed by atoms with van der Waals surface area (Å²) in [4.78, 5) is 9.62. The Kier molecular flexibility index (Phi) is 13.7. The molecule has 1 N–H and O–H groups in total. The van der Waals surface area contributed by atoms with Crippen molar-refractivity contribution in [2.45, 2.75) is 64.5 Å². The van der Waals surface area contributed by atoms with E-state index in [0.29, 0.717) is 12.1 Å². The van der Waals surface area contributed by atoms with Gasteiger partial charge >= 0.3 is 0 Å². The van der Waals surface area contributed by atoms with Gasteiger partial charge in [0.05, 0.1) is 6.10 Å². The number of hydrogen-bond acceptors (Lipinski definition) is 4. The predicted octanol–water partition coefficient (Wildman–Crippen LogP) is 3.21. The van der Waals surface area contributed by atoms with E-state index in [0.717, 1.165) is 64.0 Å². The number of nitrogens with zero attached hydrogens (tertiary/aromatic N) is 3. The zero-order chi connectivity index (χ0) is 19.5. The van der Waals surface area contributed by atoms with E-state index in [2.05, 4.69) is 34.0 Å². The molecule has 0 aromatic heterocycles. The van der Waals surface area contributed by atoms with Crippen LogP contribution in [0.2, 0.25) is 0 Å². The topological polar surface area (TPSA) is 49.3 Å². The number of ether oxygens (including phenoxy) is 2. The lowest BCUT2D eigenvalue weighted by Gasteiger charge is -2.36. The number of likely N-dealkylation sites (tertiary alicyclic amines) is 2. The van der Waals surface area contributed by atoms with Gasteiger partial charge in [0, 0.05) is 53.0 Å². The van der Waals surface area contributed by atoms with E-state index in [1.54, 1.807) is 7.11 Å². The zero-order valence-electron chi connectivity index (χ0n) is 18.5. The van der Waals surface area contributed by atoms with Crippen molar-refractivity contribution < 1.29 is 9.47 Å². The molecule has 28 heavy (non-hydrogen) atoms. The Morgan fingerprint density at radius 2 is 1.79 bits per heavy atom. The van der Waals surface area contributed by atoms with Gasteiger partial charge in [-0.3, -0.25) is 9.89 Å². The molecule has 2 fully saturated rings. The first-order valence-electron chi connectivity index (χ1n) is 10.9. The molecule has 1 atom stereocenters. The normalized spacial score (nSPS) is 20.5. The van der Waals surface area contributed by atoms with Crippen LogP contribution in [0.25, 0.3) is 0 Å². The van der Waals surface area contributed by atoms with Gasteiger partial charge in [-0.25, -0.2) is 0 Å². The molecule has 0 bridgehead atoms. The zero-order valence-corrected chi connectivity index (χ0v) is 20.8. The van der Waals surface area contributed by atoms with E-state index in [1.165, 1.54) is 32.4 Å². The molecule has 166 valence electrons. The van der Waals surface area contributed by atoms with E-state index in [4.69, 9.17) is 9.47 Å². The highest BCUT2D eigenvalue weighted by Crippen LogP contribution is 2.18. The first-order chi connectivity index (χ1) is 13.1. The molecule has 2 heterocycles. The number of methoxy groups -OCH3 is 1. The second-order valence-corrected chi connectivity index (χ2v) is 8.36. The average Bonchev–Trinajstić information content (AvgIpc) is 3.20. The maximum absolute atomic E-state index is 5.98. The maximum Gasteiger partial charge on any atom is 0.193 e. The van der Waals surface area contributed by atoms with E-state index in [9.17, 15) is 0 Å². The molecule has 0 amide bonds. The van der Waals surface area contributed by atoms with E-state index < -0.39 is 0 Å². The number of halogens is 1. The fraction of sp³-hybridized carbons (Fsp3) is 0.952. The SMILES string of the molecule is CN=C(NCC(CC(C)C)N1CCCC1)N1CCC(OCCCOC)CC1.I. The van der Waals surface area contributed by atoms with E-state index >= 15 is 0 Å². The first kappa shape index (κ1) is 25.9. The summed E-state index contributed by atoms with van der Waals surface area (Å²) in [7, 11) is 3.65. The van der Waals surface area contributed by atoms with E-state index in [-0.39, 0.29) is 24.0 Å². The second kappa shape index (κ2) is 14.8. The molecule has 7 heteroatoms. The molecule has 2 aliphatic heterocycles. The van der Waals surface area contributed by atoms with Crippen molar-refractivity contribution in [1.29, 1.82) is 0 Å². The molecule has 1 unspecified atom stereocenters. The van der Waals surface area contributed by atoms with Gasteiger partial charge in [0.2, 0.25) is 0 Å². The summed E-state index contributed by atoms with van der Waals surface area (Å²) in [6, 6.07) is 0.617. The Hall–Kier alpha value is -0.120. The van der Waals surface area contributed by atoms with Crippen molar-refractivity contribution in [3.8, 4) is 0 Å². The van der Waals surface area contributed by atoms with Gasteiger partial charge in [0.25, 0.3) is 0 Å². The standard InChI is InChI=1S/C21H42N4O2.HI/c1-18(2)16-19(24-10-5-6-11-24)17-23-21(22-3)25-12-8-20(9-13-25)27-15-7-14-26-4;/h18-20H,5-17H2,1-4H3,(H,22,23);1H. The number of guanidine groups is 1. The van der Waals surface area contributed by atoms with Crippen LogP contribution in [0.5, 0.6) is 0 Å². The van der Waals surface area contributed by atoms with Crippen molar-refractivity contribution in [3.05, 3.63) is 0 Å². The van der Waals surface area contributed by atoms with Gasteiger partial charge in [-0.05, 0) is 57.5 Å². The lowest BCUT2D eigenvalue weighted by Crippen LogP contribution is -2.51. The molecule has 0 spiro atoms. The number of nitrogens with one attached hydrogen (secondary N) is 1. The van der Waals surface area contributed by atoms with Crippen molar-refractivity contribution in [1.82, 2.24) is 15.1 Å². The largest absolute Gasteiger partial charge is 0.385 e. The lowest BCUT2D eigenvalue weighted by molar-refractivity contribution is 0.00985. The number of aliphatic imine (C=N–C) groups is 1. The van der Waals surface area contributed by atoms with Gasteiger partial charge in [-0.1, -0.05) is 13.8 Å². The second-order valence-electron chi connectivity index (χ2n) is 8.36. The molecular weight excluding hydrogens is 467 g/mol. The highest BCUT2D eigenvalue weighted by molar-refractivity contribution is 14.0. The average molecular weight is 511 g/mol. The van der Waals surface area contributed by atoms with Gasteiger partial charge in [0.1, 0.15) is 0 Å². The van der Waals surface area contributed by atoms with Gasteiger partial charge in [-0.15, -0.1) is 24.0 Å². The van der Waals surface area contributed by atoms with Gasteiger partial charge < -0.3 is 19.7 Å². The monoisotopic (exact) mass is 510 g/mol. The molecule has 0 saturated carbocycles. The molecule has 0 radical (unpaired) electrons. The Morgan fingerprint density at radius 1 is 1.11 bits per heavy atom. The fourth-order valence-corrected chi connectivity index (χ4v) is 4.24. The van der Waals surface area contributed by atoms with Crippen LogP contribution in [0.15, 0.2) is 4.99 Å². The molecule has 0 aromatic rings. The fourth-order valence-electron chi connectivity index (χ4n) is 4.24. The molecule has 2 saturated heterocycles. The van der Waals surface area contributed by atoms with Crippen molar-refractivity contribution in [3.63, 3.8) is 0 Å². The molecule has 6 nitrogen and oxygen atoms in total. The van der Waals surface area contributed by atoms with Crippen molar-refractivity contribution in [2.75, 3.05) is 60.1 Å². The third kappa shape index (κ3) is 9.13. The Balaban J connectivity index is 0.00000392. The molecular formula is C21H43IN4O2. The third-order valence-corrected chi connectivity index (χ3v) is 5.70. The van der Waals surface area contributed by atoms with Crippen LogP contribution in [0.3, 0.4) is 0 Å². The minimum Gasteiger partial charge on any atom is -0.385 e. The van der Waals surface area contributed by atoms with Crippen LogP contribution in [0.1, 0.15) is 52.4 Å². The molecule has 0 aliphatic carbocycles. The maximum atomic E-state index is 5.98. The summed E-state index contributed by atoms with van der Waals surface area (Å²) in [6.07, 6.45) is 7.47. The number of piperidine rings is 1. The van der Waals surface area contributed by atoms with Gasteiger partial charge in [-0.2, -0.15) is 0 Å².